The molecule has 1 amide bonds. The molecule has 0 unspecified atom stereocenters. The zero-order chi connectivity index (χ0) is 15.1. The number of amides is 1. The van der Waals surface area contributed by atoms with Gasteiger partial charge in [0, 0.05) is 11.6 Å². The highest BCUT2D eigenvalue weighted by atomic mass is 35.5. The third-order valence-corrected chi connectivity index (χ3v) is 2.99. The minimum Gasteiger partial charge on any atom is -0.484 e. The summed E-state index contributed by atoms with van der Waals surface area (Å²) in [6, 6.07) is 15.9. The van der Waals surface area contributed by atoms with Crippen LogP contribution in [0.2, 0.25) is 5.02 Å². The third kappa shape index (κ3) is 4.83. The molecular formula is C16H13ClN2O2. The van der Waals surface area contributed by atoms with Gasteiger partial charge in [-0.2, -0.15) is 5.26 Å². The first-order valence-electron chi connectivity index (χ1n) is 6.31. The van der Waals surface area contributed by atoms with E-state index in [1.54, 1.807) is 36.4 Å². The Morgan fingerprint density at radius 3 is 2.71 bits per heavy atom. The fraction of sp³-hybridized carbons (Fsp3) is 0.125. The van der Waals surface area contributed by atoms with E-state index in [9.17, 15) is 4.79 Å². The molecule has 106 valence electrons. The van der Waals surface area contributed by atoms with Crippen molar-refractivity contribution < 1.29 is 9.53 Å². The predicted molar refractivity (Wildman–Crippen MR) is 80.0 cm³/mol. The average molecular weight is 301 g/mol. The lowest BCUT2D eigenvalue weighted by molar-refractivity contribution is -0.123. The lowest BCUT2D eigenvalue weighted by Crippen LogP contribution is -2.28. The summed E-state index contributed by atoms with van der Waals surface area (Å²) < 4.78 is 5.33. The molecule has 0 aliphatic rings. The van der Waals surface area contributed by atoms with Gasteiger partial charge in [0.1, 0.15) is 5.75 Å². The molecular weight excluding hydrogens is 288 g/mol. The fourth-order valence-corrected chi connectivity index (χ4v) is 1.78. The minimum absolute atomic E-state index is 0.0948. The molecule has 0 aliphatic heterocycles. The van der Waals surface area contributed by atoms with E-state index in [0.29, 0.717) is 22.9 Å². The normalized spacial score (nSPS) is 9.71. The highest BCUT2D eigenvalue weighted by molar-refractivity contribution is 6.30. The van der Waals surface area contributed by atoms with Crippen LogP contribution in [0.4, 0.5) is 0 Å². The van der Waals surface area contributed by atoms with E-state index in [0.717, 1.165) is 5.56 Å². The number of halogens is 1. The Labute approximate surface area is 127 Å². The van der Waals surface area contributed by atoms with Crippen molar-refractivity contribution in [2.75, 3.05) is 6.61 Å². The second kappa shape index (κ2) is 7.32. The molecule has 21 heavy (non-hydrogen) atoms. The summed E-state index contributed by atoms with van der Waals surface area (Å²) >= 11 is 5.79. The Morgan fingerprint density at radius 1 is 1.24 bits per heavy atom. The molecule has 0 saturated carbocycles. The van der Waals surface area contributed by atoms with Crippen molar-refractivity contribution in [1.29, 1.82) is 5.26 Å². The first-order valence-corrected chi connectivity index (χ1v) is 6.69. The molecule has 0 bridgehead atoms. The summed E-state index contributed by atoms with van der Waals surface area (Å²) in [5.74, 6) is 0.267. The molecule has 0 radical (unpaired) electrons. The van der Waals surface area contributed by atoms with Gasteiger partial charge in [-0.1, -0.05) is 29.8 Å². The molecule has 0 aliphatic carbocycles. The van der Waals surface area contributed by atoms with Crippen LogP contribution >= 0.6 is 11.6 Å². The summed E-state index contributed by atoms with van der Waals surface area (Å²) in [5, 5.41) is 12.2. The van der Waals surface area contributed by atoms with Crippen molar-refractivity contribution >= 4 is 17.5 Å². The number of carbonyl (C=O) groups excluding carboxylic acids is 1. The highest BCUT2D eigenvalue weighted by Crippen LogP contribution is 2.12. The predicted octanol–water partition coefficient (Wildman–Crippen LogP) is 2.91. The summed E-state index contributed by atoms with van der Waals surface area (Å²) in [6.07, 6.45) is 0. The molecule has 0 atom stereocenters. The maximum atomic E-state index is 11.7. The van der Waals surface area contributed by atoms with Crippen LogP contribution in [0.5, 0.6) is 5.75 Å². The first-order chi connectivity index (χ1) is 10.2. The second-order valence-corrected chi connectivity index (χ2v) is 4.77. The van der Waals surface area contributed by atoms with Crippen LogP contribution in [0.1, 0.15) is 11.1 Å². The molecule has 5 heteroatoms. The summed E-state index contributed by atoms with van der Waals surface area (Å²) in [6.45, 7) is 0.320. The number of hydrogen-bond donors (Lipinski definition) is 1. The van der Waals surface area contributed by atoms with Crippen molar-refractivity contribution in [2.45, 2.75) is 6.54 Å². The minimum atomic E-state index is -0.229. The number of carbonyl (C=O) groups is 1. The molecule has 1 N–H and O–H groups in total. The van der Waals surface area contributed by atoms with Gasteiger partial charge < -0.3 is 10.1 Å². The summed E-state index contributed by atoms with van der Waals surface area (Å²) in [5.41, 5.74) is 1.45. The molecule has 2 aromatic rings. The Hall–Kier alpha value is -2.51. The van der Waals surface area contributed by atoms with Crippen LogP contribution in [0.15, 0.2) is 48.5 Å². The standard InChI is InChI=1S/C16H13ClN2O2/c17-14-6-4-12(5-7-14)10-19-16(20)11-21-15-3-1-2-13(8-15)9-18/h1-8H,10-11H2,(H,19,20). The van der Waals surface area contributed by atoms with Crippen molar-refractivity contribution in [3.63, 3.8) is 0 Å². The zero-order valence-electron chi connectivity index (χ0n) is 11.2. The Bertz CT molecular complexity index is 663. The number of hydrogen-bond acceptors (Lipinski definition) is 3. The van der Waals surface area contributed by atoms with E-state index in [1.165, 1.54) is 0 Å². The molecule has 0 aromatic heterocycles. The van der Waals surface area contributed by atoms with E-state index in [-0.39, 0.29) is 12.5 Å². The Kier molecular flexibility index (Phi) is 5.19. The first kappa shape index (κ1) is 14.9. The van der Waals surface area contributed by atoms with Gasteiger partial charge in [0.2, 0.25) is 0 Å². The molecule has 2 aromatic carbocycles. The van der Waals surface area contributed by atoms with Gasteiger partial charge in [-0.15, -0.1) is 0 Å². The van der Waals surface area contributed by atoms with Crippen molar-refractivity contribution in [1.82, 2.24) is 5.32 Å². The van der Waals surface area contributed by atoms with Crippen molar-refractivity contribution in [3.05, 3.63) is 64.7 Å². The SMILES string of the molecule is N#Cc1cccc(OCC(=O)NCc2ccc(Cl)cc2)c1. The van der Waals surface area contributed by atoms with E-state index >= 15 is 0 Å². The molecule has 0 fully saturated rings. The van der Waals surface area contributed by atoms with E-state index < -0.39 is 0 Å². The third-order valence-electron chi connectivity index (χ3n) is 2.74. The van der Waals surface area contributed by atoms with Crippen LogP contribution < -0.4 is 10.1 Å². The molecule has 0 saturated heterocycles. The Morgan fingerprint density at radius 2 is 2.00 bits per heavy atom. The number of rotatable bonds is 5. The van der Waals surface area contributed by atoms with E-state index in [4.69, 9.17) is 21.6 Å². The quantitative estimate of drug-likeness (QED) is 0.923. The van der Waals surface area contributed by atoms with E-state index in [2.05, 4.69) is 5.32 Å². The van der Waals surface area contributed by atoms with Gasteiger partial charge in [0.05, 0.1) is 11.6 Å². The van der Waals surface area contributed by atoms with Gasteiger partial charge in [0.25, 0.3) is 5.91 Å². The average Bonchev–Trinajstić information content (AvgIpc) is 2.52. The summed E-state index contributed by atoms with van der Waals surface area (Å²) in [7, 11) is 0. The lowest BCUT2D eigenvalue weighted by Gasteiger charge is -2.08. The van der Waals surface area contributed by atoms with Gasteiger partial charge >= 0.3 is 0 Å². The van der Waals surface area contributed by atoms with Crippen LogP contribution in [0.3, 0.4) is 0 Å². The number of nitrogens with zero attached hydrogens (tertiary/aromatic N) is 1. The van der Waals surface area contributed by atoms with E-state index in [1.807, 2.05) is 18.2 Å². The largest absolute Gasteiger partial charge is 0.484 e. The number of benzene rings is 2. The molecule has 0 heterocycles. The monoisotopic (exact) mass is 300 g/mol. The number of ether oxygens (including phenoxy) is 1. The number of nitrogens with one attached hydrogen (secondary N) is 1. The molecule has 0 spiro atoms. The maximum absolute atomic E-state index is 11.7. The molecule has 4 nitrogen and oxygen atoms in total. The fourth-order valence-electron chi connectivity index (χ4n) is 1.66. The maximum Gasteiger partial charge on any atom is 0.258 e. The Balaban J connectivity index is 1.79. The van der Waals surface area contributed by atoms with Gasteiger partial charge in [-0.3, -0.25) is 4.79 Å². The smallest absolute Gasteiger partial charge is 0.258 e. The second-order valence-electron chi connectivity index (χ2n) is 4.33. The topological polar surface area (TPSA) is 62.1 Å². The lowest BCUT2D eigenvalue weighted by atomic mass is 10.2. The van der Waals surface area contributed by atoms with Crippen LogP contribution in [-0.2, 0) is 11.3 Å². The van der Waals surface area contributed by atoms with Crippen LogP contribution in [-0.4, -0.2) is 12.5 Å². The summed E-state index contributed by atoms with van der Waals surface area (Å²) in [4.78, 5) is 11.7. The van der Waals surface area contributed by atoms with Crippen molar-refractivity contribution in [3.8, 4) is 11.8 Å². The van der Waals surface area contributed by atoms with Gasteiger partial charge in [-0.05, 0) is 35.9 Å². The van der Waals surface area contributed by atoms with Gasteiger partial charge in [0.15, 0.2) is 6.61 Å². The molecule has 2 rings (SSSR count). The zero-order valence-corrected chi connectivity index (χ0v) is 11.9. The van der Waals surface area contributed by atoms with Crippen LogP contribution in [0.25, 0.3) is 0 Å². The van der Waals surface area contributed by atoms with Gasteiger partial charge in [-0.25, -0.2) is 0 Å². The van der Waals surface area contributed by atoms with Crippen LogP contribution in [0, 0.1) is 11.3 Å². The highest BCUT2D eigenvalue weighted by Gasteiger charge is 2.03. The van der Waals surface area contributed by atoms with Crippen molar-refractivity contribution in [2.24, 2.45) is 0 Å². The number of nitriles is 1.